The van der Waals surface area contributed by atoms with Crippen molar-refractivity contribution in [2.24, 2.45) is 0 Å². The molecule has 47 heavy (non-hydrogen) atoms. The quantitative estimate of drug-likeness (QED) is 0.0603. The van der Waals surface area contributed by atoms with Crippen molar-refractivity contribution in [1.82, 2.24) is 10.2 Å². The largest absolute Gasteiger partial charge is 0.397 e. The van der Waals surface area contributed by atoms with E-state index in [0.29, 0.717) is 25.7 Å². The van der Waals surface area contributed by atoms with E-state index >= 15 is 0 Å². The lowest BCUT2D eigenvalue weighted by Crippen LogP contribution is -2.63. The third kappa shape index (κ3) is 19.2. The van der Waals surface area contributed by atoms with Gasteiger partial charge >= 0.3 is 41.6 Å². The Morgan fingerprint density at radius 1 is 0.723 bits per heavy atom. The third-order valence-electron chi connectivity index (χ3n) is 6.36. The number of ether oxygens (including phenoxy) is 2. The van der Waals surface area contributed by atoms with Gasteiger partial charge in [0.15, 0.2) is 12.4 Å². The minimum Gasteiger partial charge on any atom is -0.353 e. The van der Waals surface area contributed by atoms with E-state index < -0.39 is 91.3 Å². The highest BCUT2D eigenvalue weighted by atomic mass is 32.3. The Morgan fingerprint density at radius 3 is 1.70 bits per heavy atom. The Labute approximate surface area is 273 Å². The fraction of sp³-hybridized carbons (Fsp3) is 0.905. The molecule has 0 bridgehead atoms. The molecule has 1 saturated heterocycles. The van der Waals surface area contributed by atoms with E-state index in [0.717, 1.165) is 26.4 Å². The Balaban J connectivity index is 2.79. The summed E-state index contributed by atoms with van der Waals surface area (Å²) in [5.74, 6) is -1.18. The normalized spacial score (nSPS) is 22.6. The number of rotatable bonds is 23. The maximum Gasteiger partial charge on any atom is 0.397 e. The summed E-state index contributed by atoms with van der Waals surface area (Å²) in [4.78, 5) is 26.5. The summed E-state index contributed by atoms with van der Waals surface area (Å²) in [6.07, 6.45) is -6.12. The van der Waals surface area contributed by atoms with Gasteiger partial charge in [-0.1, -0.05) is 32.1 Å². The van der Waals surface area contributed by atoms with Crippen molar-refractivity contribution >= 4 is 53.4 Å². The van der Waals surface area contributed by atoms with Crippen molar-refractivity contribution in [3.8, 4) is 0 Å². The number of hydrogen-bond acceptors (Lipinski definition) is 16. The van der Waals surface area contributed by atoms with Crippen molar-refractivity contribution in [3.05, 3.63) is 0 Å². The molecule has 0 aliphatic carbocycles. The molecule has 1 heterocycles. The van der Waals surface area contributed by atoms with E-state index in [-0.39, 0.29) is 25.5 Å². The van der Waals surface area contributed by atoms with Crippen molar-refractivity contribution in [3.63, 3.8) is 0 Å². The van der Waals surface area contributed by atoms with Crippen LogP contribution in [0.25, 0.3) is 0 Å². The molecule has 1 fully saturated rings. The molecule has 0 aromatic carbocycles. The summed E-state index contributed by atoms with van der Waals surface area (Å²) < 4.78 is 153. The number of methoxy groups -OCH3 is 1. The zero-order valence-corrected chi connectivity index (χ0v) is 28.5. The van der Waals surface area contributed by atoms with E-state index in [1.165, 1.54) is 4.90 Å². The molecule has 2 amide bonds. The molecule has 0 saturated carbocycles. The standard InChI is InChI=1S/C21H40N2O20S4/c1-3-23(17(25)11-9-7-5-4-6-8-10-12-39-44(26,27)28)14-16(24)22-13-15-18(41-45(29,30)31)19(42-46(32,33)34)20(21(38-2)40-15)43-47(35,36)37/h15,18-21H,3-14H2,1-2H3,(H,22,24)(H,26,27,28)(H,29,30,31)(H,32,33,34)(H,35,36,37)/t15-,18-,19+,20+,21+/m1/s1. The van der Waals surface area contributed by atoms with Crippen molar-refractivity contribution in [1.29, 1.82) is 0 Å². The van der Waals surface area contributed by atoms with E-state index in [1.54, 1.807) is 6.92 Å². The summed E-state index contributed by atoms with van der Waals surface area (Å²) in [5.41, 5.74) is 0. The number of unbranched alkanes of at least 4 members (excludes halogenated alkanes) is 6. The predicted octanol–water partition coefficient (Wildman–Crippen LogP) is -1.17. The second-order valence-corrected chi connectivity index (χ2v) is 14.2. The second-order valence-electron chi connectivity index (χ2n) is 9.93. The van der Waals surface area contributed by atoms with Crippen molar-refractivity contribution < 1.29 is 87.7 Å². The second kappa shape index (κ2) is 19.5. The van der Waals surface area contributed by atoms with Gasteiger partial charge in [0.1, 0.15) is 18.3 Å². The summed E-state index contributed by atoms with van der Waals surface area (Å²) in [7, 11) is -20.0. The molecule has 1 rings (SSSR count). The van der Waals surface area contributed by atoms with Gasteiger partial charge in [-0.3, -0.25) is 27.8 Å². The van der Waals surface area contributed by atoms with Gasteiger partial charge in [0.25, 0.3) is 0 Å². The molecule has 0 spiro atoms. The monoisotopic (exact) mass is 768 g/mol. The van der Waals surface area contributed by atoms with E-state index in [1.807, 2.05) is 0 Å². The van der Waals surface area contributed by atoms with Crippen LogP contribution < -0.4 is 5.32 Å². The van der Waals surface area contributed by atoms with E-state index in [4.69, 9.17) is 18.6 Å². The molecule has 0 aromatic rings. The smallest absolute Gasteiger partial charge is 0.353 e. The van der Waals surface area contributed by atoms with Crippen LogP contribution in [0.15, 0.2) is 0 Å². The highest BCUT2D eigenvalue weighted by Crippen LogP contribution is 2.31. The van der Waals surface area contributed by atoms with Crippen LogP contribution in [0.4, 0.5) is 0 Å². The van der Waals surface area contributed by atoms with Crippen LogP contribution in [-0.4, -0.2) is 133 Å². The zero-order valence-electron chi connectivity index (χ0n) is 25.3. The fourth-order valence-electron chi connectivity index (χ4n) is 4.39. The van der Waals surface area contributed by atoms with Gasteiger partial charge in [-0.05, 0) is 19.8 Å². The lowest BCUT2D eigenvalue weighted by atomic mass is 9.99. The molecule has 0 aromatic heterocycles. The van der Waals surface area contributed by atoms with Crippen molar-refractivity contribution in [2.75, 3.05) is 33.4 Å². The first-order valence-corrected chi connectivity index (χ1v) is 19.3. The summed E-state index contributed by atoms with van der Waals surface area (Å²) in [6.45, 7) is 0.384. The average molecular weight is 769 g/mol. The molecular formula is C21H40N2O20S4. The lowest BCUT2D eigenvalue weighted by Gasteiger charge is -2.43. The first-order chi connectivity index (χ1) is 21.5. The molecule has 5 atom stereocenters. The number of nitrogens with zero attached hydrogens (tertiary/aromatic N) is 1. The molecule has 0 radical (unpaired) electrons. The fourth-order valence-corrected chi connectivity index (χ4v) is 6.21. The highest BCUT2D eigenvalue weighted by Gasteiger charge is 2.53. The van der Waals surface area contributed by atoms with Gasteiger partial charge in [0.2, 0.25) is 11.8 Å². The van der Waals surface area contributed by atoms with Crippen LogP contribution in [0.2, 0.25) is 0 Å². The summed E-state index contributed by atoms with van der Waals surface area (Å²) in [6, 6.07) is 0. The van der Waals surface area contributed by atoms with E-state index in [2.05, 4.69) is 22.0 Å². The number of nitrogens with one attached hydrogen (secondary N) is 1. The van der Waals surface area contributed by atoms with Gasteiger partial charge in [-0.25, -0.2) is 16.7 Å². The van der Waals surface area contributed by atoms with Crippen LogP contribution in [0.1, 0.15) is 58.3 Å². The zero-order chi connectivity index (χ0) is 36.1. The number of carbonyl (C=O) groups excluding carboxylic acids is 2. The molecule has 1 aliphatic heterocycles. The van der Waals surface area contributed by atoms with Crippen molar-refractivity contribution in [2.45, 2.75) is 89.0 Å². The summed E-state index contributed by atoms with van der Waals surface area (Å²) >= 11 is 0. The number of hydrogen-bond donors (Lipinski definition) is 5. The van der Waals surface area contributed by atoms with Gasteiger partial charge in [-0.2, -0.15) is 33.7 Å². The third-order valence-corrected chi connectivity index (χ3v) is 8.22. The highest BCUT2D eigenvalue weighted by molar-refractivity contribution is 7.81. The van der Waals surface area contributed by atoms with Crippen LogP contribution in [0.3, 0.4) is 0 Å². The van der Waals surface area contributed by atoms with Crippen LogP contribution in [-0.2, 0) is 77.4 Å². The van der Waals surface area contributed by atoms with Crippen LogP contribution >= 0.6 is 0 Å². The Bertz CT molecular complexity index is 1440. The SMILES string of the molecule is CCN(CC(=O)NC[C@H]1O[C@H](OC)[C@@H](OS(=O)(=O)O)[C@@H](OS(=O)(=O)O)[C@@H]1OS(=O)(=O)O)C(=O)CCCCCCCCCOS(=O)(=O)O. The first kappa shape index (κ1) is 43.4. The Kier molecular flexibility index (Phi) is 18.0. The number of likely N-dealkylation sites (N-methyl/N-ethyl adjacent to an activating group) is 1. The predicted molar refractivity (Wildman–Crippen MR) is 155 cm³/mol. The maximum atomic E-state index is 12.7. The Hall–Kier alpha value is -1.66. The van der Waals surface area contributed by atoms with Gasteiger partial charge < -0.3 is 19.7 Å². The topological polar surface area (TPSA) is 322 Å². The van der Waals surface area contributed by atoms with Crippen LogP contribution in [0.5, 0.6) is 0 Å². The number of carbonyl (C=O) groups is 2. The minimum absolute atomic E-state index is 0.110. The maximum absolute atomic E-state index is 12.7. The van der Waals surface area contributed by atoms with Crippen LogP contribution in [0, 0.1) is 0 Å². The first-order valence-electron chi connectivity index (χ1n) is 13.9. The van der Waals surface area contributed by atoms with E-state index in [9.17, 15) is 52.4 Å². The molecule has 278 valence electrons. The molecule has 1 aliphatic rings. The number of amides is 2. The summed E-state index contributed by atoms with van der Waals surface area (Å²) in [5, 5.41) is 2.29. The van der Waals surface area contributed by atoms with Gasteiger partial charge in [0, 0.05) is 26.6 Å². The van der Waals surface area contributed by atoms with Gasteiger partial charge in [-0.15, -0.1) is 0 Å². The molecule has 22 nitrogen and oxygen atoms in total. The molecule has 26 heteroatoms. The molecule has 0 unspecified atom stereocenters. The molecule has 5 N–H and O–H groups in total. The minimum atomic E-state index is -5.52. The average Bonchev–Trinajstić information content (AvgIpc) is 2.91. The van der Waals surface area contributed by atoms with Gasteiger partial charge in [0.05, 0.1) is 13.2 Å². The molecular weight excluding hydrogens is 728 g/mol. The Morgan fingerprint density at radius 2 is 1.21 bits per heavy atom. The lowest BCUT2D eigenvalue weighted by molar-refractivity contribution is -0.273.